The van der Waals surface area contributed by atoms with Crippen LogP contribution >= 0.6 is 15.9 Å². The Bertz CT molecular complexity index is 742. The van der Waals surface area contributed by atoms with Crippen LogP contribution in [0, 0.1) is 17.1 Å². The van der Waals surface area contributed by atoms with Gasteiger partial charge in [-0.15, -0.1) is 0 Å². The van der Waals surface area contributed by atoms with Crippen LogP contribution < -0.4 is 10.6 Å². The fourth-order valence-electron chi connectivity index (χ4n) is 1.70. The average molecular weight is 349 g/mol. The fourth-order valence-corrected chi connectivity index (χ4v) is 2.06. The van der Waals surface area contributed by atoms with Crippen LogP contribution in [0.5, 0.6) is 0 Å². The Kier molecular flexibility index (Phi) is 4.50. The van der Waals surface area contributed by atoms with E-state index in [0.29, 0.717) is 10.2 Å². The van der Waals surface area contributed by atoms with Crippen LogP contribution in [0.25, 0.3) is 0 Å². The predicted molar refractivity (Wildman–Crippen MR) is 80.6 cm³/mol. The zero-order chi connectivity index (χ0) is 15.4. The fraction of sp³-hybridized carbons (Fsp3) is 0.0714. The van der Waals surface area contributed by atoms with Gasteiger partial charge in [0, 0.05) is 17.7 Å². The first-order valence-corrected chi connectivity index (χ1v) is 6.69. The summed E-state index contributed by atoms with van der Waals surface area (Å²) in [6.07, 6.45) is 1.33. The van der Waals surface area contributed by atoms with Gasteiger partial charge in [-0.25, -0.2) is 9.37 Å². The van der Waals surface area contributed by atoms with Gasteiger partial charge in [0.05, 0.1) is 16.8 Å². The molecule has 0 unspecified atom stereocenters. The third-order valence-electron chi connectivity index (χ3n) is 2.72. The monoisotopic (exact) mass is 348 g/mol. The van der Waals surface area contributed by atoms with Crippen LogP contribution in [-0.4, -0.2) is 17.9 Å². The minimum atomic E-state index is -0.744. The molecular weight excluding hydrogens is 339 g/mol. The number of anilines is 2. The number of benzene rings is 1. The quantitative estimate of drug-likeness (QED) is 0.892. The van der Waals surface area contributed by atoms with Gasteiger partial charge in [0.15, 0.2) is 11.6 Å². The van der Waals surface area contributed by atoms with Gasteiger partial charge in [0.25, 0.3) is 5.91 Å². The van der Waals surface area contributed by atoms with Crippen molar-refractivity contribution in [3.8, 4) is 6.07 Å². The molecule has 0 radical (unpaired) electrons. The second-order valence-corrected chi connectivity index (χ2v) is 4.94. The molecule has 0 atom stereocenters. The number of halogens is 2. The first-order valence-electron chi connectivity index (χ1n) is 5.90. The van der Waals surface area contributed by atoms with E-state index in [2.05, 4.69) is 31.5 Å². The lowest BCUT2D eigenvalue weighted by atomic mass is 10.1. The van der Waals surface area contributed by atoms with Crippen LogP contribution in [0.4, 0.5) is 15.9 Å². The van der Waals surface area contributed by atoms with Gasteiger partial charge >= 0.3 is 0 Å². The van der Waals surface area contributed by atoms with Gasteiger partial charge in [-0.1, -0.05) is 15.9 Å². The second-order valence-electron chi connectivity index (χ2n) is 4.03. The van der Waals surface area contributed by atoms with E-state index >= 15 is 0 Å². The summed E-state index contributed by atoms with van der Waals surface area (Å²) in [5, 5.41) is 14.1. The summed E-state index contributed by atoms with van der Waals surface area (Å²) in [6, 6.07) is 8.05. The van der Waals surface area contributed by atoms with Gasteiger partial charge in [-0.2, -0.15) is 5.26 Å². The predicted octanol–water partition coefficient (Wildman–Crippen LogP) is 3.15. The van der Waals surface area contributed by atoms with Crippen LogP contribution in [0.15, 0.2) is 34.9 Å². The molecule has 0 saturated carbocycles. The molecular formula is C14H10BrFN4O. The molecule has 0 bridgehead atoms. The summed E-state index contributed by atoms with van der Waals surface area (Å²) in [5.74, 6) is -1.41. The maximum atomic E-state index is 14.0. The van der Waals surface area contributed by atoms with Crippen LogP contribution in [0.3, 0.4) is 0 Å². The number of carbonyl (C=O) groups is 1. The zero-order valence-corrected chi connectivity index (χ0v) is 12.5. The van der Waals surface area contributed by atoms with Crippen molar-refractivity contribution in [2.24, 2.45) is 0 Å². The Labute approximate surface area is 128 Å². The number of nitrogens with one attached hydrogen (secondary N) is 2. The smallest absolute Gasteiger partial charge is 0.258 e. The van der Waals surface area contributed by atoms with Gasteiger partial charge < -0.3 is 10.6 Å². The van der Waals surface area contributed by atoms with E-state index in [1.54, 1.807) is 18.2 Å². The SMILES string of the molecule is CNc1nccc(C(=O)Nc2cc(Br)ccc2C#N)c1F. The van der Waals surface area contributed by atoms with Gasteiger partial charge in [0.2, 0.25) is 0 Å². The molecule has 7 heteroatoms. The van der Waals surface area contributed by atoms with Crippen molar-refractivity contribution in [1.29, 1.82) is 5.26 Å². The Morgan fingerprint density at radius 1 is 1.43 bits per heavy atom. The number of hydrogen-bond donors (Lipinski definition) is 2. The topological polar surface area (TPSA) is 77.8 Å². The number of aromatic nitrogens is 1. The second kappa shape index (κ2) is 6.33. The van der Waals surface area contributed by atoms with Crippen molar-refractivity contribution < 1.29 is 9.18 Å². The summed E-state index contributed by atoms with van der Waals surface area (Å²) < 4.78 is 14.7. The lowest BCUT2D eigenvalue weighted by molar-refractivity contribution is 0.102. The molecule has 0 spiro atoms. The summed E-state index contributed by atoms with van der Waals surface area (Å²) in [7, 11) is 1.51. The largest absolute Gasteiger partial charge is 0.371 e. The van der Waals surface area contributed by atoms with Crippen molar-refractivity contribution >= 4 is 33.3 Å². The molecule has 0 aliphatic heterocycles. The number of nitrogens with zero attached hydrogens (tertiary/aromatic N) is 2. The minimum absolute atomic E-state index is 0.0163. The molecule has 1 heterocycles. The molecule has 106 valence electrons. The molecule has 2 N–H and O–H groups in total. The normalized spacial score (nSPS) is 9.81. The van der Waals surface area contributed by atoms with Gasteiger partial charge in [-0.05, 0) is 24.3 Å². The standard InChI is InChI=1S/C14H10BrFN4O/c1-18-13-12(16)10(4-5-19-13)14(21)20-11-6-9(15)3-2-8(11)7-17/h2-6H,1H3,(H,18,19)(H,20,21). The van der Waals surface area contributed by atoms with Crippen molar-refractivity contribution in [2.45, 2.75) is 0 Å². The summed E-state index contributed by atoms with van der Waals surface area (Å²) in [6.45, 7) is 0. The molecule has 1 amide bonds. The number of amides is 1. The highest BCUT2D eigenvalue weighted by atomic mass is 79.9. The molecule has 0 aliphatic rings. The van der Waals surface area contributed by atoms with E-state index < -0.39 is 11.7 Å². The van der Waals surface area contributed by atoms with E-state index in [4.69, 9.17) is 5.26 Å². The third-order valence-corrected chi connectivity index (χ3v) is 3.21. The number of nitriles is 1. The Balaban J connectivity index is 2.35. The highest BCUT2D eigenvalue weighted by molar-refractivity contribution is 9.10. The van der Waals surface area contributed by atoms with Crippen molar-refractivity contribution in [3.63, 3.8) is 0 Å². The lowest BCUT2D eigenvalue weighted by Gasteiger charge is -2.09. The van der Waals surface area contributed by atoms with Crippen LogP contribution in [0.1, 0.15) is 15.9 Å². The van der Waals surface area contributed by atoms with Crippen molar-refractivity contribution in [2.75, 3.05) is 17.7 Å². The first kappa shape index (κ1) is 14.9. The van der Waals surface area contributed by atoms with Gasteiger partial charge in [-0.3, -0.25) is 4.79 Å². The van der Waals surface area contributed by atoms with Crippen LogP contribution in [-0.2, 0) is 0 Å². The number of rotatable bonds is 3. The average Bonchev–Trinajstić information content (AvgIpc) is 2.47. The van der Waals surface area contributed by atoms with E-state index in [1.807, 2.05) is 6.07 Å². The minimum Gasteiger partial charge on any atom is -0.371 e. The molecule has 1 aromatic carbocycles. The van der Waals surface area contributed by atoms with E-state index in [1.165, 1.54) is 19.3 Å². The molecule has 21 heavy (non-hydrogen) atoms. The molecule has 1 aromatic heterocycles. The van der Waals surface area contributed by atoms with E-state index in [9.17, 15) is 9.18 Å². The Morgan fingerprint density at radius 2 is 2.19 bits per heavy atom. The highest BCUT2D eigenvalue weighted by Crippen LogP contribution is 2.22. The van der Waals surface area contributed by atoms with E-state index in [0.717, 1.165) is 0 Å². The number of carbonyl (C=O) groups excluding carboxylic acids is 1. The molecule has 0 saturated heterocycles. The molecule has 2 aromatic rings. The lowest BCUT2D eigenvalue weighted by Crippen LogP contribution is -2.16. The number of pyridine rings is 1. The first-order chi connectivity index (χ1) is 10.1. The molecule has 5 nitrogen and oxygen atoms in total. The molecule has 0 aliphatic carbocycles. The maximum absolute atomic E-state index is 14.0. The zero-order valence-electron chi connectivity index (χ0n) is 10.9. The summed E-state index contributed by atoms with van der Waals surface area (Å²) >= 11 is 3.25. The summed E-state index contributed by atoms with van der Waals surface area (Å²) in [5.41, 5.74) is 0.437. The van der Waals surface area contributed by atoms with E-state index in [-0.39, 0.29) is 16.9 Å². The molecule has 2 rings (SSSR count). The number of hydrogen-bond acceptors (Lipinski definition) is 4. The van der Waals surface area contributed by atoms with Crippen molar-refractivity contribution in [1.82, 2.24) is 4.98 Å². The third kappa shape index (κ3) is 3.17. The van der Waals surface area contributed by atoms with Crippen molar-refractivity contribution in [3.05, 3.63) is 51.9 Å². The Hall–Kier alpha value is -2.46. The summed E-state index contributed by atoms with van der Waals surface area (Å²) in [4.78, 5) is 15.9. The Morgan fingerprint density at radius 3 is 2.86 bits per heavy atom. The highest BCUT2D eigenvalue weighted by Gasteiger charge is 2.16. The maximum Gasteiger partial charge on any atom is 0.258 e. The van der Waals surface area contributed by atoms with Gasteiger partial charge in [0.1, 0.15) is 6.07 Å². The molecule has 0 fully saturated rings. The van der Waals surface area contributed by atoms with Crippen LogP contribution in [0.2, 0.25) is 0 Å².